The van der Waals surface area contributed by atoms with Crippen molar-refractivity contribution in [1.29, 1.82) is 0 Å². The fourth-order valence-corrected chi connectivity index (χ4v) is 4.37. The molecule has 0 bridgehead atoms. The van der Waals surface area contributed by atoms with Crippen LogP contribution in [0.2, 0.25) is 10.0 Å². The Kier molecular flexibility index (Phi) is 6.68. The number of anilines is 1. The van der Waals surface area contributed by atoms with Crippen LogP contribution in [0.1, 0.15) is 44.7 Å². The molecule has 0 spiro atoms. The van der Waals surface area contributed by atoms with Gasteiger partial charge < -0.3 is 14.8 Å². The average Bonchev–Trinajstić information content (AvgIpc) is 3.01. The average molecular weight is 462 g/mol. The zero-order valence-electron chi connectivity index (χ0n) is 17.9. The number of halogens is 2. The van der Waals surface area contributed by atoms with Gasteiger partial charge in [-0.2, -0.15) is 0 Å². The van der Waals surface area contributed by atoms with E-state index in [-0.39, 0.29) is 6.61 Å². The summed E-state index contributed by atoms with van der Waals surface area (Å²) in [5.74, 6) is -1.64. The molecule has 0 aliphatic carbocycles. The van der Waals surface area contributed by atoms with Gasteiger partial charge in [-0.05, 0) is 45.4 Å². The molecule has 0 saturated heterocycles. The summed E-state index contributed by atoms with van der Waals surface area (Å²) in [7, 11) is 0. The van der Waals surface area contributed by atoms with Gasteiger partial charge in [-0.1, -0.05) is 59.6 Å². The Hall–Kier alpha value is -2.50. The molecule has 0 fully saturated rings. The van der Waals surface area contributed by atoms with Crippen molar-refractivity contribution in [3.63, 3.8) is 0 Å². The molecular weight excluding hydrogens is 437 g/mol. The van der Waals surface area contributed by atoms with Gasteiger partial charge in [0.1, 0.15) is 5.60 Å². The van der Waals surface area contributed by atoms with Gasteiger partial charge >= 0.3 is 11.9 Å². The lowest BCUT2D eigenvalue weighted by molar-refractivity contribution is -0.150. The second kappa shape index (κ2) is 8.93. The normalized spacial score (nSPS) is 20.3. The van der Waals surface area contributed by atoms with E-state index in [0.29, 0.717) is 26.9 Å². The fourth-order valence-electron chi connectivity index (χ4n) is 3.76. The Morgan fingerprint density at radius 2 is 1.84 bits per heavy atom. The Balaban J connectivity index is 2.19. The number of nitrogens with one attached hydrogen (secondary N) is 1. The number of rotatable bonds is 5. The molecule has 2 aromatic rings. The van der Waals surface area contributed by atoms with E-state index in [4.69, 9.17) is 32.7 Å². The number of esters is 2. The Bertz CT molecular complexity index is 1010. The molecule has 0 radical (unpaired) electrons. The first-order chi connectivity index (χ1) is 14.6. The molecular formula is C24H25Cl2NO4. The van der Waals surface area contributed by atoms with Crippen LogP contribution in [0.25, 0.3) is 0 Å². The van der Waals surface area contributed by atoms with Gasteiger partial charge in [0.2, 0.25) is 0 Å². The summed E-state index contributed by atoms with van der Waals surface area (Å²) in [5, 5.41) is 4.12. The molecule has 1 N–H and O–H groups in total. The van der Waals surface area contributed by atoms with Crippen LogP contribution in [0, 0.1) is 0 Å². The quantitative estimate of drug-likeness (QED) is 0.446. The number of carbonyl (C=O) groups excluding carboxylic acids is 2. The third-order valence-corrected chi connectivity index (χ3v) is 5.39. The zero-order chi connectivity index (χ0) is 22.8. The smallest absolute Gasteiger partial charge is 0.337 e. The Labute approximate surface area is 192 Å². The predicted molar refractivity (Wildman–Crippen MR) is 123 cm³/mol. The number of carbonyl (C=O) groups is 2. The van der Waals surface area contributed by atoms with Crippen LogP contribution in [-0.2, 0) is 24.6 Å². The highest BCUT2D eigenvalue weighted by atomic mass is 35.5. The highest BCUT2D eigenvalue weighted by molar-refractivity contribution is 6.36. The second-order valence-corrected chi connectivity index (χ2v) is 9.08. The van der Waals surface area contributed by atoms with E-state index in [1.54, 1.807) is 45.9 Å². The molecule has 0 saturated carbocycles. The zero-order valence-corrected chi connectivity index (χ0v) is 19.4. The molecule has 2 atom stereocenters. The van der Waals surface area contributed by atoms with Crippen molar-refractivity contribution in [2.75, 3.05) is 11.9 Å². The molecule has 1 aliphatic heterocycles. The lowest BCUT2D eigenvalue weighted by atomic mass is 9.77. The van der Waals surface area contributed by atoms with Crippen LogP contribution in [-0.4, -0.2) is 24.1 Å². The SMILES string of the molecule is CCOC(=O)C1(c2ccccc2)Nc2cc(Cl)cc(Cl)c2C1/C=C\C(=O)OC(C)(C)C. The molecule has 5 nitrogen and oxygen atoms in total. The van der Waals surface area contributed by atoms with Crippen LogP contribution in [0.5, 0.6) is 0 Å². The van der Waals surface area contributed by atoms with Crippen molar-refractivity contribution in [3.05, 3.63) is 75.8 Å². The minimum absolute atomic E-state index is 0.197. The molecule has 0 aromatic heterocycles. The summed E-state index contributed by atoms with van der Waals surface area (Å²) in [4.78, 5) is 25.8. The van der Waals surface area contributed by atoms with Crippen molar-refractivity contribution < 1.29 is 19.1 Å². The summed E-state index contributed by atoms with van der Waals surface area (Å²) in [6.45, 7) is 7.31. The number of ether oxygens (including phenoxy) is 2. The number of benzene rings is 2. The van der Waals surface area contributed by atoms with E-state index in [1.807, 2.05) is 30.3 Å². The maximum absolute atomic E-state index is 13.4. The lowest BCUT2D eigenvalue weighted by Gasteiger charge is -2.33. The van der Waals surface area contributed by atoms with Crippen molar-refractivity contribution in [2.24, 2.45) is 0 Å². The fraction of sp³-hybridized carbons (Fsp3) is 0.333. The Morgan fingerprint density at radius 1 is 1.16 bits per heavy atom. The van der Waals surface area contributed by atoms with E-state index in [2.05, 4.69) is 5.32 Å². The first-order valence-electron chi connectivity index (χ1n) is 9.99. The topological polar surface area (TPSA) is 64.6 Å². The minimum Gasteiger partial charge on any atom is -0.464 e. The third-order valence-electron chi connectivity index (χ3n) is 4.86. The van der Waals surface area contributed by atoms with Gasteiger partial charge in [0, 0.05) is 33.3 Å². The van der Waals surface area contributed by atoms with Crippen molar-refractivity contribution >= 4 is 40.8 Å². The van der Waals surface area contributed by atoms with Gasteiger partial charge in [0.15, 0.2) is 5.54 Å². The molecule has 31 heavy (non-hydrogen) atoms. The maximum atomic E-state index is 13.4. The molecule has 1 heterocycles. The summed E-state index contributed by atoms with van der Waals surface area (Å²) < 4.78 is 10.9. The maximum Gasteiger partial charge on any atom is 0.337 e. The molecule has 164 valence electrons. The van der Waals surface area contributed by atoms with Crippen molar-refractivity contribution in [1.82, 2.24) is 0 Å². The van der Waals surface area contributed by atoms with Gasteiger partial charge in [-0.3, -0.25) is 0 Å². The summed E-state index contributed by atoms with van der Waals surface area (Å²) >= 11 is 12.8. The van der Waals surface area contributed by atoms with E-state index in [0.717, 1.165) is 0 Å². The molecule has 3 rings (SSSR count). The molecule has 7 heteroatoms. The second-order valence-electron chi connectivity index (χ2n) is 8.24. The minimum atomic E-state index is -1.33. The molecule has 1 aliphatic rings. The first kappa shape index (κ1) is 23.2. The summed E-state index contributed by atoms with van der Waals surface area (Å²) in [6.07, 6.45) is 2.96. The highest BCUT2D eigenvalue weighted by Gasteiger charge is 2.54. The van der Waals surface area contributed by atoms with Crippen LogP contribution < -0.4 is 5.32 Å². The van der Waals surface area contributed by atoms with E-state index in [1.165, 1.54) is 6.08 Å². The number of fused-ring (bicyclic) bond motifs is 1. The van der Waals surface area contributed by atoms with Crippen molar-refractivity contribution in [2.45, 2.75) is 44.8 Å². The number of hydrogen-bond donors (Lipinski definition) is 1. The molecule has 2 aromatic carbocycles. The van der Waals surface area contributed by atoms with Crippen LogP contribution in [0.4, 0.5) is 5.69 Å². The molecule has 2 unspecified atom stereocenters. The highest BCUT2D eigenvalue weighted by Crippen LogP contribution is 2.53. The number of hydrogen-bond acceptors (Lipinski definition) is 5. The van der Waals surface area contributed by atoms with Crippen molar-refractivity contribution in [3.8, 4) is 0 Å². The van der Waals surface area contributed by atoms with Crippen LogP contribution >= 0.6 is 23.2 Å². The Morgan fingerprint density at radius 3 is 2.45 bits per heavy atom. The standard InChI is InChI=1S/C24H25Cl2NO4/c1-5-30-22(29)24(15-9-7-6-8-10-15)17(11-12-20(28)31-23(2,3)4)21-18(26)13-16(25)14-19(21)27-24/h6-14,17,27H,5H2,1-4H3/b12-11-. The van der Waals surface area contributed by atoms with E-state index in [9.17, 15) is 9.59 Å². The largest absolute Gasteiger partial charge is 0.464 e. The monoisotopic (exact) mass is 461 g/mol. The van der Waals surface area contributed by atoms with Gasteiger partial charge in [-0.15, -0.1) is 0 Å². The van der Waals surface area contributed by atoms with E-state index < -0.39 is 29.0 Å². The van der Waals surface area contributed by atoms with Crippen LogP contribution in [0.3, 0.4) is 0 Å². The van der Waals surface area contributed by atoms with Crippen LogP contribution in [0.15, 0.2) is 54.6 Å². The first-order valence-corrected chi connectivity index (χ1v) is 10.7. The predicted octanol–water partition coefficient (Wildman–Crippen LogP) is 5.86. The molecule has 0 amide bonds. The lowest BCUT2D eigenvalue weighted by Crippen LogP contribution is -2.45. The van der Waals surface area contributed by atoms with E-state index >= 15 is 0 Å². The third kappa shape index (κ3) is 4.73. The summed E-state index contributed by atoms with van der Waals surface area (Å²) in [6, 6.07) is 12.5. The summed E-state index contributed by atoms with van der Waals surface area (Å²) in [5.41, 5.74) is -0.0330. The van der Waals surface area contributed by atoms with Gasteiger partial charge in [0.25, 0.3) is 0 Å². The van der Waals surface area contributed by atoms with Gasteiger partial charge in [-0.25, -0.2) is 9.59 Å². The van der Waals surface area contributed by atoms with Gasteiger partial charge in [0.05, 0.1) is 6.61 Å².